The van der Waals surface area contributed by atoms with E-state index in [0.717, 1.165) is 31.5 Å². The Balaban J connectivity index is 1.86. The number of carbonyl (C=O) groups is 2. The van der Waals surface area contributed by atoms with Crippen molar-refractivity contribution in [3.05, 3.63) is 35.4 Å². The SMILES string of the molecule is C[C@@]1(C(=O)N2CCCCC2)Cc2ccccc2C(=O)O1. The van der Waals surface area contributed by atoms with Crippen molar-refractivity contribution >= 4 is 11.9 Å². The van der Waals surface area contributed by atoms with Crippen LogP contribution in [-0.2, 0) is 16.0 Å². The zero-order valence-corrected chi connectivity index (χ0v) is 11.7. The Kier molecular flexibility index (Phi) is 3.24. The van der Waals surface area contributed by atoms with Gasteiger partial charge in [-0.3, -0.25) is 4.79 Å². The average Bonchev–Trinajstić information content (AvgIpc) is 2.47. The summed E-state index contributed by atoms with van der Waals surface area (Å²) in [5.41, 5.74) is 0.427. The normalized spacial score (nSPS) is 25.9. The zero-order valence-electron chi connectivity index (χ0n) is 11.7. The van der Waals surface area contributed by atoms with Crippen LogP contribution in [0.3, 0.4) is 0 Å². The van der Waals surface area contributed by atoms with E-state index in [1.807, 2.05) is 23.1 Å². The van der Waals surface area contributed by atoms with Gasteiger partial charge in [-0.1, -0.05) is 18.2 Å². The van der Waals surface area contributed by atoms with Crippen LogP contribution in [0.4, 0.5) is 0 Å². The fourth-order valence-electron chi connectivity index (χ4n) is 3.08. The second-order valence-electron chi connectivity index (χ2n) is 5.81. The van der Waals surface area contributed by atoms with Crippen LogP contribution in [0.2, 0.25) is 0 Å². The minimum Gasteiger partial charge on any atom is -0.445 e. The van der Waals surface area contributed by atoms with Crippen LogP contribution in [-0.4, -0.2) is 35.5 Å². The molecule has 0 unspecified atom stereocenters. The number of ether oxygens (including phenoxy) is 1. The first-order valence-corrected chi connectivity index (χ1v) is 7.21. The quantitative estimate of drug-likeness (QED) is 0.737. The summed E-state index contributed by atoms with van der Waals surface area (Å²) in [7, 11) is 0. The molecule has 1 atom stereocenters. The van der Waals surface area contributed by atoms with Crippen LogP contribution in [0.5, 0.6) is 0 Å². The second-order valence-corrected chi connectivity index (χ2v) is 5.81. The minimum atomic E-state index is -1.05. The molecule has 1 saturated heterocycles. The lowest BCUT2D eigenvalue weighted by atomic mass is 9.88. The molecule has 1 amide bonds. The summed E-state index contributed by atoms with van der Waals surface area (Å²) in [6.07, 6.45) is 3.70. The van der Waals surface area contributed by atoms with Crippen LogP contribution < -0.4 is 0 Å². The third kappa shape index (κ3) is 2.19. The molecule has 0 aliphatic carbocycles. The Morgan fingerprint density at radius 1 is 1.20 bits per heavy atom. The Labute approximate surface area is 118 Å². The molecule has 1 aromatic carbocycles. The highest BCUT2D eigenvalue weighted by Crippen LogP contribution is 2.30. The maximum absolute atomic E-state index is 12.7. The number of nitrogens with zero attached hydrogens (tertiary/aromatic N) is 1. The number of benzene rings is 1. The first kappa shape index (κ1) is 13.2. The van der Waals surface area contributed by atoms with Crippen LogP contribution in [0.15, 0.2) is 24.3 Å². The zero-order chi connectivity index (χ0) is 14.2. The summed E-state index contributed by atoms with van der Waals surface area (Å²) in [4.78, 5) is 26.6. The molecule has 4 heteroatoms. The summed E-state index contributed by atoms with van der Waals surface area (Å²) >= 11 is 0. The number of hydrogen-bond acceptors (Lipinski definition) is 3. The van der Waals surface area contributed by atoms with Crippen LogP contribution >= 0.6 is 0 Å². The minimum absolute atomic E-state index is 0.0555. The monoisotopic (exact) mass is 273 g/mol. The van der Waals surface area contributed by atoms with Gasteiger partial charge < -0.3 is 9.64 Å². The number of rotatable bonds is 1. The molecule has 0 saturated carbocycles. The second kappa shape index (κ2) is 4.93. The molecule has 4 nitrogen and oxygen atoms in total. The predicted octanol–water partition coefficient (Wildman–Crippen LogP) is 2.17. The van der Waals surface area contributed by atoms with Crippen molar-refractivity contribution in [2.75, 3.05) is 13.1 Å². The molecule has 2 aliphatic rings. The summed E-state index contributed by atoms with van der Waals surface area (Å²) in [5, 5.41) is 0. The summed E-state index contributed by atoms with van der Waals surface area (Å²) in [6, 6.07) is 7.36. The van der Waals surface area contributed by atoms with Gasteiger partial charge >= 0.3 is 5.97 Å². The highest BCUT2D eigenvalue weighted by molar-refractivity contribution is 5.97. The predicted molar refractivity (Wildman–Crippen MR) is 74.4 cm³/mol. The maximum Gasteiger partial charge on any atom is 0.339 e. The van der Waals surface area contributed by atoms with Crippen molar-refractivity contribution in [2.45, 2.75) is 38.2 Å². The molecular formula is C16H19NO3. The number of hydrogen-bond donors (Lipinski definition) is 0. The van der Waals surface area contributed by atoms with Gasteiger partial charge in [0, 0.05) is 19.5 Å². The lowest BCUT2D eigenvalue weighted by molar-refractivity contribution is -0.152. The van der Waals surface area contributed by atoms with E-state index >= 15 is 0 Å². The third-order valence-electron chi connectivity index (χ3n) is 4.18. The van der Waals surface area contributed by atoms with Crippen molar-refractivity contribution in [1.82, 2.24) is 4.90 Å². The molecule has 1 aromatic rings. The van der Waals surface area contributed by atoms with Crippen molar-refractivity contribution in [2.24, 2.45) is 0 Å². The van der Waals surface area contributed by atoms with Gasteiger partial charge in [0.15, 0.2) is 5.60 Å². The van der Waals surface area contributed by atoms with E-state index in [0.29, 0.717) is 12.0 Å². The van der Waals surface area contributed by atoms with Gasteiger partial charge in [-0.05, 0) is 37.8 Å². The molecule has 3 rings (SSSR count). The van der Waals surface area contributed by atoms with E-state index in [-0.39, 0.29) is 11.9 Å². The van der Waals surface area contributed by atoms with Crippen molar-refractivity contribution in [3.63, 3.8) is 0 Å². The smallest absolute Gasteiger partial charge is 0.339 e. The Hall–Kier alpha value is -1.84. The average molecular weight is 273 g/mol. The Morgan fingerprint density at radius 2 is 1.90 bits per heavy atom. The third-order valence-corrected chi connectivity index (χ3v) is 4.18. The highest BCUT2D eigenvalue weighted by Gasteiger charge is 2.44. The maximum atomic E-state index is 12.7. The molecular weight excluding hydrogens is 254 g/mol. The van der Waals surface area contributed by atoms with E-state index in [4.69, 9.17) is 4.74 Å². The van der Waals surface area contributed by atoms with E-state index in [1.54, 1.807) is 13.0 Å². The molecule has 20 heavy (non-hydrogen) atoms. The first-order chi connectivity index (χ1) is 9.60. The summed E-state index contributed by atoms with van der Waals surface area (Å²) in [5.74, 6) is -0.445. The van der Waals surface area contributed by atoms with Crippen molar-refractivity contribution < 1.29 is 14.3 Å². The highest BCUT2D eigenvalue weighted by atomic mass is 16.6. The molecule has 106 valence electrons. The summed E-state index contributed by atoms with van der Waals surface area (Å²) < 4.78 is 5.49. The molecule has 0 bridgehead atoms. The Bertz CT molecular complexity index is 548. The Morgan fingerprint density at radius 3 is 2.65 bits per heavy atom. The van der Waals surface area contributed by atoms with Gasteiger partial charge in [0.25, 0.3) is 5.91 Å². The molecule has 0 spiro atoms. The molecule has 1 fully saturated rings. The van der Waals surface area contributed by atoms with Gasteiger partial charge in [0.05, 0.1) is 5.56 Å². The van der Waals surface area contributed by atoms with Crippen molar-refractivity contribution in [1.29, 1.82) is 0 Å². The number of likely N-dealkylation sites (tertiary alicyclic amines) is 1. The largest absolute Gasteiger partial charge is 0.445 e. The number of amides is 1. The van der Waals surface area contributed by atoms with Gasteiger partial charge in [-0.15, -0.1) is 0 Å². The molecule has 0 radical (unpaired) electrons. The van der Waals surface area contributed by atoms with Crippen LogP contribution in [0, 0.1) is 0 Å². The first-order valence-electron chi connectivity index (χ1n) is 7.21. The lowest BCUT2D eigenvalue weighted by Crippen LogP contribution is -2.54. The van der Waals surface area contributed by atoms with Gasteiger partial charge in [0.2, 0.25) is 0 Å². The van der Waals surface area contributed by atoms with Crippen molar-refractivity contribution in [3.8, 4) is 0 Å². The number of carbonyl (C=O) groups excluding carboxylic acids is 2. The number of piperidine rings is 1. The van der Waals surface area contributed by atoms with E-state index < -0.39 is 5.60 Å². The van der Waals surface area contributed by atoms with Crippen LogP contribution in [0.25, 0.3) is 0 Å². The van der Waals surface area contributed by atoms with Gasteiger partial charge in [-0.2, -0.15) is 0 Å². The fraction of sp³-hybridized carbons (Fsp3) is 0.500. The molecule has 0 aromatic heterocycles. The van der Waals surface area contributed by atoms with E-state index in [9.17, 15) is 9.59 Å². The molecule has 2 heterocycles. The topological polar surface area (TPSA) is 46.6 Å². The lowest BCUT2D eigenvalue weighted by Gasteiger charge is -2.38. The standard InChI is InChI=1S/C16H19NO3/c1-16(15(19)17-9-5-2-6-10-17)11-12-7-3-4-8-13(12)14(18)20-16/h3-4,7-8H,2,5-6,9-11H2,1H3/t16-/m0/s1. The fourth-order valence-corrected chi connectivity index (χ4v) is 3.08. The number of fused-ring (bicyclic) bond motifs is 1. The molecule has 0 N–H and O–H groups in total. The summed E-state index contributed by atoms with van der Waals surface area (Å²) in [6.45, 7) is 3.28. The number of esters is 1. The number of cyclic esters (lactones) is 1. The van der Waals surface area contributed by atoms with E-state index in [1.165, 1.54) is 6.42 Å². The van der Waals surface area contributed by atoms with Gasteiger partial charge in [-0.25, -0.2) is 4.79 Å². The van der Waals surface area contributed by atoms with E-state index in [2.05, 4.69) is 0 Å². The van der Waals surface area contributed by atoms with Crippen LogP contribution in [0.1, 0.15) is 42.1 Å². The van der Waals surface area contributed by atoms with Gasteiger partial charge in [0.1, 0.15) is 0 Å². The molecule has 2 aliphatic heterocycles.